The van der Waals surface area contributed by atoms with E-state index in [0.717, 1.165) is 5.56 Å². The fourth-order valence-electron chi connectivity index (χ4n) is 3.15. The molecule has 0 aromatic heterocycles. The van der Waals surface area contributed by atoms with E-state index in [-0.39, 0.29) is 11.9 Å². The van der Waals surface area contributed by atoms with Crippen LogP contribution in [0.3, 0.4) is 0 Å². The number of aliphatic hydroxyl groups excluding tert-OH is 1. The Balaban J connectivity index is 1.78. The highest BCUT2D eigenvalue weighted by Crippen LogP contribution is 2.47. The normalized spacial score (nSPS) is 32.5. The fraction of sp³-hybridized carbons (Fsp3) is 0.588. The van der Waals surface area contributed by atoms with Gasteiger partial charge < -0.3 is 20.3 Å². The Morgan fingerprint density at radius 2 is 1.96 bits per heavy atom. The van der Waals surface area contributed by atoms with Gasteiger partial charge in [-0.2, -0.15) is 0 Å². The van der Waals surface area contributed by atoms with Crippen LogP contribution in [0.25, 0.3) is 0 Å². The lowest BCUT2D eigenvalue weighted by atomic mass is 9.80. The van der Waals surface area contributed by atoms with E-state index in [9.17, 15) is 14.6 Å². The summed E-state index contributed by atoms with van der Waals surface area (Å²) in [6.07, 6.45) is 0.0660. The van der Waals surface area contributed by atoms with Gasteiger partial charge in [-0.15, -0.1) is 0 Å². The highest BCUT2D eigenvalue weighted by molar-refractivity contribution is 8.15. The number of amidine groups is 1. The van der Waals surface area contributed by atoms with Crippen molar-refractivity contribution in [3.8, 4) is 0 Å². The summed E-state index contributed by atoms with van der Waals surface area (Å²) < 4.78 is 17.6. The molecule has 2 aliphatic heterocycles. The number of hydrogen-bond donors (Lipinski definition) is 3. The van der Waals surface area contributed by atoms with Crippen LogP contribution in [-0.4, -0.2) is 45.2 Å². The van der Waals surface area contributed by atoms with E-state index in [1.165, 1.54) is 23.9 Å². The second-order valence-electron chi connectivity index (χ2n) is 6.56. The lowest BCUT2D eigenvalue weighted by Crippen LogP contribution is -2.59. The van der Waals surface area contributed by atoms with E-state index in [1.54, 1.807) is 12.1 Å². The molecule has 3 atom stereocenters. The molecule has 1 aromatic rings. The third kappa shape index (κ3) is 3.18. The topological polar surface area (TPSA) is 74.1 Å². The van der Waals surface area contributed by atoms with Gasteiger partial charge in [-0.25, -0.2) is 4.39 Å². The van der Waals surface area contributed by atoms with E-state index in [2.05, 4.69) is 10.3 Å². The van der Waals surface area contributed by atoms with Crippen molar-refractivity contribution in [2.24, 2.45) is 4.99 Å². The van der Waals surface area contributed by atoms with Crippen LogP contribution in [0.2, 0.25) is 0 Å². The van der Waals surface area contributed by atoms with Gasteiger partial charge in [0.1, 0.15) is 12.0 Å². The number of benzene rings is 1. The number of halogens is 1. The van der Waals surface area contributed by atoms with Crippen molar-refractivity contribution < 1.29 is 19.3 Å². The lowest BCUT2D eigenvalue weighted by Gasteiger charge is -2.44. The molecule has 0 radical (unpaired) electrons. The third-order valence-electron chi connectivity index (χ3n) is 5.00. The first-order valence-electron chi connectivity index (χ1n) is 8.11. The van der Waals surface area contributed by atoms with Crippen LogP contribution in [0.1, 0.15) is 38.3 Å². The van der Waals surface area contributed by atoms with Crippen molar-refractivity contribution >= 4 is 16.9 Å². The molecular weight excluding hydrogens is 331 g/mol. The first-order chi connectivity index (χ1) is 11.3. The molecule has 1 aromatic carbocycles. The number of ether oxygens (including phenoxy) is 1. The van der Waals surface area contributed by atoms with Gasteiger partial charge in [0.15, 0.2) is 5.17 Å². The molecule has 0 amide bonds. The summed E-state index contributed by atoms with van der Waals surface area (Å²) in [6, 6.07) is 6.03. The molecule has 5 nitrogen and oxygen atoms in total. The maximum absolute atomic E-state index is 13.0. The van der Waals surface area contributed by atoms with Crippen molar-refractivity contribution in [1.29, 1.82) is 0 Å². The average molecular weight is 354 g/mol. The Morgan fingerprint density at radius 3 is 2.58 bits per heavy atom. The maximum Gasteiger partial charge on any atom is 0.159 e. The van der Waals surface area contributed by atoms with Gasteiger partial charge in [-0.05, 0) is 31.5 Å². The monoisotopic (exact) mass is 354 g/mol. The zero-order valence-electron chi connectivity index (χ0n) is 13.8. The number of aliphatic imine (C=N–C) groups is 1. The van der Waals surface area contributed by atoms with Crippen LogP contribution in [-0.2, 0) is 4.74 Å². The Labute approximate surface area is 145 Å². The number of nitrogens with one attached hydrogen (secondary N) is 1. The number of thioether (sulfide) groups is 1. The molecule has 0 bridgehead atoms. The molecule has 2 fully saturated rings. The number of hydrogen-bond acceptors (Lipinski definition) is 5. The first-order valence-corrected chi connectivity index (χ1v) is 8.93. The molecule has 2 heterocycles. The molecule has 7 heteroatoms. The quantitative estimate of drug-likeness (QED) is 0.776. The van der Waals surface area contributed by atoms with Gasteiger partial charge in [0.2, 0.25) is 0 Å². The molecule has 2 saturated heterocycles. The molecule has 3 N–H and O–H groups in total. The standard InChI is InChI=1S/C17H23FN2O3S/c1-11(12-3-5-13(18)6-4-12)19-15-20-14(21)16(2,24-15)17(22)7-9-23-10-8-17/h3-6,11,14,21-22H,7-10H2,1-2H3,(H,19,20)/t11-,14?,16?/m1/s1. The molecule has 2 aliphatic rings. The van der Waals surface area contributed by atoms with E-state index < -0.39 is 16.6 Å². The SMILES string of the molecule is C[C@@H](N=C1NC(O)C(C)(C2(O)CCOCC2)S1)c1ccc(F)cc1. The Bertz CT molecular complexity index is 619. The zero-order valence-corrected chi connectivity index (χ0v) is 14.6. The minimum Gasteiger partial charge on any atom is -0.388 e. The molecule has 3 rings (SSSR count). The second-order valence-corrected chi connectivity index (χ2v) is 8.00. The lowest BCUT2D eigenvalue weighted by molar-refractivity contribution is -0.108. The summed E-state index contributed by atoms with van der Waals surface area (Å²) in [5, 5.41) is 25.1. The van der Waals surface area contributed by atoms with Crippen molar-refractivity contribution in [1.82, 2.24) is 5.32 Å². The fourth-order valence-corrected chi connectivity index (χ4v) is 4.50. The van der Waals surface area contributed by atoms with Gasteiger partial charge in [0.25, 0.3) is 0 Å². The van der Waals surface area contributed by atoms with Gasteiger partial charge in [0, 0.05) is 26.1 Å². The molecular formula is C17H23FN2O3S. The predicted molar refractivity (Wildman–Crippen MR) is 92.4 cm³/mol. The summed E-state index contributed by atoms with van der Waals surface area (Å²) >= 11 is 1.36. The van der Waals surface area contributed by atoms with Crippen molar-refractivity contribution in [2.45, 2.75) is 49.3 Å². The van der Waals surface area contributed by atoms with Crippen LogP contribution >= 0.6 is 11.8 Å². The minimum absolute atomic E-state index is 0.181. The largest absolute Gasteiger partial charge is 0.388 e. The van der Waals surface area contributed by atoms with E-state index >= 15 is 0 Å². The smallest absolute Gasteiger partial charge is 0.159 e. The van der Waals surface area contributed by atoms with Crippen LogP contribution in [0, 0.1) is 5.82 Å². The number of nitrogens with zero attached hydrogens (tertiary/aromatic N) is 1. The second kappa shape index (κ2) is 6.63. The van der Waals surface area contributed by atoms with Gasteiger partial charge in [-0.3, -0.25) is 4.99 Å². The predicted octanol–water partition coefficient (Wildman–Crippen LogP) is 2.20. The molecule has 2 unspecified atom stereocenters. The van der Waals surface area contributed by atoms with Gasteiger partial charge in [0.05, 0.1) is 16.4 Å². The molecule has 0 aliphatic carbocycles. The Hall–Kier alpha value is -1.15. The van der Waals surface area contributed by atoms with Crippen LogP contribution in [0.4, 0.5) is 4.39 Å². The van der Waals surface area contributed by atoms with E-state index in [4.69, 9.17) is 4.74 Å². The van der Waals surface area contributed by atoms with E-state index in [1.807, 2.05) is 13.8 Å². The molecule has 0 spiro atoms. The molecule has 24 heavy (non-hydrogen) atoms. The first kappa shape index (κ1) is 17.7. The molecule has 0 saturated carbocycles. The number of rotatable bonds is 3. The van der Waals surface area contributed by atoms with Crippen molar-refractivity contribution in [3.63, 3.8) is 0 Å². The van der Waals surface area contributed by atoms with Gasteiger partial charge >= 0.3 is 0 Å². The summed E-state index contributed by atoms with van der Waals surface area (Å²) in [7, 11) is 0. The summed E-state index contributed by atoms with van der Waals surface area (Å²) in [6.45, 7) is 4.73. The Morgan fingerprint density at radius 1 is 1.33 bits per heavy atom. The highest BCUT2D eigenvalue weighted by atomic mass is 32.2. The summed E-state index contributed by atoms with van der Waals surface area (Å²) in [5.41, 5.74) is -0.127. The maximum atomic E-state index is 13.0. The minimum atomic E-state index is -1.02. The van der Waals surface area contributed by atoms with E-state index in [0.29, 0.717) is 31.2 Å². The highest BCUT2D eigenvalue weighted by Gasteiger charge is 2.57. The van der Waals surface area contributed by atoms with Crippen LogP contribution < -0.4 is 5.32 Å². The number of aliphatic hydroxyl groups is 2. The van der Waals surface area contributed by atoms with Crippen molar-refractivity contribution in [2.75, 3.05) is 13.2 Å². The summed E-state index contributed by atoms with van der Waals surface area (Å²) in [5.74, 6) is -0.281. The van der Waals surface area contributed by atoms with Crippen molar-refractivity contribution in [3.05, 3.63) is 35.6 Å². The average Bonchev–Trinajstić information content (AvgIpc) is 2.84. The third-order valence-corrected chi connectivity index (χ3v) is 6.44. The van der Waals surface area contributed by atoms with Crippen LogP contribution in [0.15, 0.2) is 29.3 Å². The van der Waals surface area contributed by atoms with Gasteiger partial charge in [-0.1, -0.05) is 23.9 Å². The summed E-state index contributed by atoms with van der Waals surface area (Å²) in [4.78, 5) is 4.59. The van der Waals surface area contributed by atoms with Crippen LogP contribution in [0.5, 0.6) is 0 Å². The zero-order chi connectivity index (χ0) is 17.4. The Kier molecular flexibility index (Phi) is 4.88. The molecule has 132 valence electrons.